The van der Waals surface area contributed by atoms with Gasteiger partial charge in [-0.15, -0.1) is 9.24 Å². The molecule has 1 aromatic carbocycles. The number of halogens is 2. The van der Waals surface area contributed by atoms with Crippen LogP contribution in [0.2, 0.25) is 0 Å². The molecule has 1 atom stereocenters. The first-order chi connectivity index (χ1) is 7.04. The monoisotopic (exact) mass is 224 g/mol. The first-order valence-corrected chi connectivity index (χ1v) is 4.65. The lowest BCUT2D eigenvalue weighted by molar-refractivity contribution is 0.562. The molecule has 15 heavy (non-hydrogen) atoms. The highest BCUT2D eigenvalue weighted by atomic mass is 31.0. The molecular weight excluding hydrogens is 217 g/mol. The summed E-state index contributed by atoms with van der Waals surface area (Å²) in [4.78, 5) is 0. The van der Waals surface area contributed by atoms with Crippen LogP contribution in [-0.4, -0.2) is 0 Å². The van der Waals surface area contributed by atoms with Crippen molar-refractivity contribution in [3.63, 3.8) is 0 Å². The SMILES string of the molecule is Cc1c(F)c(CC#N)c(F)c(P)c1C#N. The van der Waals surface area contributed by atoms with Gasteiger partial charge in [0.15, 0.2) is 0 Å². The molecule has 76 valence electrons. The minimum atomic E-state index is -0.832. The van der Waals surface area contributed by atoms with Crippen molar-refractivity contribution in [2.24, 2.45) is 0 Å². The molecule has 2 nitrogen and oxygen atoms in total. The van der Waals surface area contributed by atoms with E-state index >= 15 is 0 Å². The number of nitriles is 2. The van der Waals surface area contributed by atoms with Gasteiger partial charge in [0.05, 0.1) is 18.1 Å². The van der Waals surface area contributed by atoms with Crippen LogP contribution in [0.3, 0.4) is 0 Å². The molecule has 0 fully saturated rings. The van der Waals surface area contributed by atoms with Crippen LogP contribution in [-0.2, 0) is 6.42 Å². The molecule has 1 aromatic rings. The maximum atomic E-state index is 13.5. The number of nitrogens with zero attached hydrogens (tertiary/aromatic N) is 2. The van der Waals surface area contributed by atoms with E-state index in [-0.39, 0.29) is 28.4 Å². The van der Waals surface area contributed by atoms with Crippen LogP contribution in [0.4, 0.5) is 8.78 Å². The molecule has 0 heterocycles. The second kappa shape index (κ2) is 4.34. The van der Waals surface area contributed by atoms with Gasteiger partial charge in [0, 0.05) is 16.4 Å². The van der Waals surface area contributed by atoms with Crippen LogP contribution in [0.1, 0.15) is 16.7 Å². The zero-order valence-corrected chi connectivity index (χ0v) is 9.09. The maximum Gasteiger partial charge on any atom is 0.138 e. The molecule has 0 saturated carbocycles. The highest BCUT2D eigenvalue weighted by Crippen LogP contribution is 2.20. The topological polar surface area (TPSA) is 47.6 Å². The predicted octanol–water partition coefficient (Wildman–Crippen LogP) is 1.71. The van der Waals surface area contributed by atoms with E-state index in [0.29, 0.717) is 0 Å². The number of hydrogen-bond donors (Lipinski definition) is 0. The standard InChI is InChI=1S/C10H7F2N2P/c1-5-7(4-14)10(15)9(12)6(2-3-13)8(5)11/h2,15H2,1H3. The fraction of sp³-hybridized carbons (Fsp3) is 0.200. The zero-order chi connectivity index (χ0) is 11.6. The van der Waals surface area contributed by atoms with E-state index in [2.05, 4.69) is 9.24 Å². The van der Waals surface area contributed by atoms with Gasteiger partial charge in [-0.2, -0.15) is 10.5 Å². The van der Waals surface area contributed by atoms with Gasteiger partial charge in [0.2, 0.25) is 0 Å². The number of hydrogen-bond acceptors (Lipinski definition) is 2. The van der Waals surface area contributed by atoms with Gasteiger partial charge in [-0.05, 0) is 6.92 Å². The largest absolute Gasteiger partial charge is 0.206 e. The summed E-state index contributed by atoms with van der Waals surface area (Å²) in [6, 6.07) is 3.42. The summed E-state index contributed by atoms with van der Waals surface area (Å²) in [7, 11) is 2.06. The second-order valence-corrected chi connectivity index (χ2v) is 3.54. The lowest BCUT2D eigenvalue weighted by Crippen LogP contribution is -2.13. The maximum absolute atomic E-state index is 13.5. The third kappa shape index (κ3) is 1.82. The Kier molecular flexibility index (Phi) is 3.35. The van der Waals surface area contributed by atoms with E-state index in [1.54, 1.807) is 12.1 Å². The van der Waals surface area contributed by atoms with Crippen molar-refractivity contribution in [1.82, 2.24) is 0 Å². The van der Waals surface area contributed by atoms with Gasteiger partial charge in [0.25, 0.3) is 0 Å². The molecule has 0 saturated heterocycles. The number of rotatable bonds is 1. The molecule has 1 unspecified atom stereocenters. The fourth-order valence-corrected chi connectivity index (χ4v) is 1.74. The van der Waals surface area contributed by atoms with E-state index in [0.717, 1.165) is 0 Å². The Morgan fingerprint density at radius 2 is 1.87 bits per heavy atom. The van der Waals surface area contributed by atoms with Crippen LogP contribution >= 0.6 is 9.24 Å². The number of benzene rings is 1. The van der Waals surface area contributed by atoms with E-state index in [1.807, 2.05) is 0 Å². The summed E-state index contributed by atoms with van der Waals surface area (Å²) in [6.07, 6.45) is -0.342. The summed E-state index contributed by atoms with van der Waals surface area (Å²) in [5.41, 5.74) is -0.232. The Labute approximate surface area is 88.3 Å². The normalized spacial score (nSPS) is 9.47. The smallest absolute Gasteiger partial charge is 0.138 e. The molecule has 5 heteroatoms. The Hall–Kier alpha value is -1.51. The lowest BCUT2D eigenvalue weighted by atomic mass is 10.0. The fourth-order valence-electron chi connectivity index (χ4n) is 1.29. The Bertz CT molecular complexity index is 469. The van der Waals surface area contributed by atoms with Gasteiger partial charge in [-0.3, -0.25) is 0 Å². The summed E-state index contributed by atoms with van der Waals surface area (Å²) in [6.45, 7) is 1.39. The summed E-state index contributed by atoms with van der Waals surface area (Å²) >= 11 is 0. The highest BCUT2D eigenvalue weighted by Gasteiger charge is 2.19. The molecule has 0 aliphatic heterocycles. The molecule has 0 spiro atoms. The molecule has 0 bridgehead atoms. The summed E-state index contributed by atoms with van der Waals surface area (Å²) in [5.74, 6) is -1.64. The van der Waals surface area contributed by atoms with Crippen molar-refractivity contribution in [3.8, 4) is 12.1 Å². The van der Waals surface area contributed by atoms with E-state index in [1.165, 1.54) is 6.92 Å². The van der Waals surface area contributed by atoms with Crippen molar-refractivity contribution in [1.29, 1.82) is 10.5 Å². The average molecular weight is 224 g/mol. The van der Waals surface area contributed by atoms with E-state index < -0.39 is 11.6 Å². The van der Waals surface area contributed by atoms with Gasteiger partial charge in [-0.1, -0.05) is 0 Å². The molecule has 0 N–H and O–H groups in total. The Morgan fingerprint density at radius 3 is 2.33 bits per heavy atom. The van der Waals surface area contributed by atoms with Gasteiger partial charge >= 0.3 is 0 Å². The Morgan fingerprint density at radius 1 is 1.27 bits per heavy atom. The van der Waals surface area contributed by atoms with Gasteiger partial charge in [-0.25, -0.2) is 8.78 Å². The molecule has 0 aliphatic rings. The summed E-state index contributed by atoms with van der Waals surface area (Å²) < 4.78 is 27.0. The highest BCUT2D eigenvalue weighted by molar-refractivity contribution is 7.27. The third-order valence-corrected chi connectivity index (χ3v) is 2.65. The minimum absolute atomic E-state index is 0.0154. The van der Waals surface area contributed by atoms with Gasteiger partial charge < -0.3 is 0 Å². The van der Waals surface area contributed by atoms with E-state index in [9.17, 15) is 8.78 Å². The average Bonchev–Trinajstić information content (AvgIpc) is 2.23. The Balaban J connectivity index is 3.62. The van der Waals surface area contributed by atoms with Crippen LogP contribution in [0.15, 0.2) is 0 Å². The third-order valence-electron chi connectivity index (χ3n) is 2.11. The van der Waals surface area contributed by atoms with Crippen molar-refractivity contribution in [2.75, 3.05) is 0 Å². The van der Waals surface area contributed by atoms with Crippen molar-refractivity contribution in [3.05, 3.63) is 28.3 Å². The van der Waals surface area contributed by atoms with E-state index in [4.69, 9.17) is 10.5 Å². The molecule has 1 rings (SSSR count). The van der Waals surface area contributed by atoms with Crippen molar-refractivity contribution >= 4 is 14.5 Å². The first kappa shape index (κ1) is 11.6. The van der Waals surface area contributed by atoms with Gasteiger partial charge in [0.1, 0.15) is 17.7 Å². The van der Waals surface area contributed by atoms with Crippen molar-refractivity contribution in [2.45, 2.75) is 13.3 Å². The molecule has 0 amide bonds. The zero-order valence-electron chi connectivity index (χ0n) is 7.93. The van der Waals surface area contributed by atoms with Crippen LogP contribution in [0, 0.1) is 41.2 Å². The molecule has 0 radical (unpaired) electrons. The predicted molar refractivity (Wildman–Crippen MR) is 54.5 cm³/mol. The van der Waals surface area contributed by atoms with Crippen LogP contribution < -0.4 is 5.30 Å². The first-order valence-electron chi connectivity index (χ1n) is 4.07. The lowest BCUT2D eigenvalue weighted by Gasteiger charge is -2.09. The molecular formula is C10H7F2N2P. The molecule has 0 aliphatic carbocycles. The van der Waals surface area contributed by atoms with Crippen LogP contribution in [0.5, 0.6) is 0 Å². The van der Waals surface area contributed by atoms with Crippen molar-refractivity contribution < 1.29 is 8.78 Å². The summed E-state index contributed by atoms with van der Waals surface area (Å²) in [5, 5.41) is 17.1. The quantitative estimate of drug-likeness (QED) is 0.682. The minimum Gasteiger partial charge on any atom is -0.206 e. The van der Waals surface area contributed by atoms with Crippen LogP contribution in [0.25, 0.3) is 0 Å². The molecule has 0 aromatic heterocycles. The second-order valence-electron chi connectivity index (χ2n) is 2.97.